The van der Waals surface area contributed by atoms with Crippen molar-refractivity contribution in [2.24, 2.45) is 0 Å². The number of allylic oxidation sites excluding steroid dienone is 2. The number of nitrogens with one attached hydrogen (secondary N) is 3. The predicted molar refractivity (Wildman–Crippen MR) is 199 cm³/mol. The molecule has 5 heterocycles. The summed E-state index contributed by atoms with van der Waals surface area (Å²) in [5.41, 5.74) is 16.0. The molecule has 0 saturated carbocycles. The molecule has 0 aliphatic carbocycles. The van der Waals surface area contributed by atoms with Crippen LogP contribution in [-0.2, 0) is 11.2 Å². The first kappa shape index (κ1) is 34.2. The molecule has 0 fully saturated rings. The van der Waals surface area contributed by atoms with Crippen molar-refractivity contribution in [1.29, 1.82) is 0 Å². The Labute approximate surface area is 281 Å². The predicted octanol–water partition coefficient (Wildman–Crippen LogP) is 8.99. The fourth-order valence-electron chi connectivity index (χ4n) is 7.34. The van der Waals surface area contributed by atoms with Crippen LogP contribution in [0.1, 0.15) is 115 Å². The number of likely N-dealkylation sites (N-methyl/N-ethyl adjacent to an activating group) is 1. The molecule has 8 bridgehead atoms. The minimum Gasteiger partial charge on any atom is -0.501 e. The van der Waals surface area contributed by atoms with Crippen LogP contribution in [0, 0.1) is 13.8 Å². The summed E-state index contributed by atoms with van der Waals surface area (Å²) >= 11 is 0. The van der Waals surface area contributed by atoms with Gasteiger partial charge in [-0.2, -0.15) is 0 Å². The molecule has 0 aromatic carbocycles. The van der Waals surface area contributed by atoms with E-state index in [0.29, 0.717) is 18.1 Å². The molecule has 47 heavy (non-hydrogen) atoms. The van der Waals surface area contributed by atoms with Gasteiger partial charge in [0.15, 0.2) is 0 Å². The number of aryl methyl sites for hydroxylation is 2. The molecule has 3 aromatic heterocycles. The molecule has 0 spiro atoms. The zero-order valence-electron chi connectivity index (χ0n) is 30.2. The normalized spacial score (nSPS) is 19.2. The van der Waals surface area contributed by atoms with Gasteiger partial charge in [0.1, 0.15) is 0 Å². The van der Waals surface area contributed by atoms with E-state index in [1.807, 2.05) is 0 Å². The van der Waals surface area contributed by atoms with Gasteiger partial charge in [0.25, 0.3) is 0 Å². The summed E-state index contributed by atoms with van der Waals surface area (Å²) < 4.78 is 5.69. The molecule has 3 N–H and O–H groups in total. The summed E-state index contributed by atoms with van der Waals surface area (Å²) in [6, 6.07) is 6.73. The maximum atomic E-state index is 5.69. The molecule has 7 nitrogen and oxygen atoms in total. The van der Waals surface area contributed by atoms with Gasteiger partial charge in [0, 0.05) is 105 Å². The molecule has 4 atom stereocenters. The highest BCUT2D eigenvalue weighted by atomic mass is 16.5. The smallest absolute Gasteiger partial charge is 0.0929 e. The molecule has 2 aliphatic rings. The van der Waals surface area contributed by atoms with Crippen LogP contribution in [0.15, 0.2) is 43.7 Å². The van der Waals surface area contributed by atoms with Crippen molar-refractivity contribution in [2.45, 2.75) is 85.0 Å². The zero-order valence-corrected chi connectivity index (χ0v) is 30.2. The van der Waals surface area contributed by atoms with Crippen molar-refractivity contribution in [3.8, 4) is 0 Å². The average Bonchev–Trinajstić information content (AvgIpc) is 3.69. The summed E-state index contributed by atoms with van der Waals surface area (Å²) in [4.78, 5) is 20.5. The van der Waals surface area contributed by atoms with Gasteiger partial charge in [-0.05, 0) is 76.2 Å². The van der Waals surface area contributed by atoms with Gasteiger partial charge in [-0.15, -0.1) is 0 Å². The van der Waals surface area contributed by atoms with E-state index in [2.05, 4.69) is 121 Å². The number of hydrogen-bond donors (Lipinski definition) is 3. The lowest BCUT2D eigenvalue weighted by Crippen LogP contribution is -2.25. The van der Waals surface area contributed by atoms with E-state index in [4.69, 9.17) is 14.7 Å². The molecular formula is C40H54N6O. The minimum absolute atomic E-state index is 0.179. The van der Waals surface area contributed by atoms with Crippen LogP contribution in [-0.4, -0.2) is 59.1 Å². The third kappa shape index (κ3) is 6.42. The molecule has 2 unspecified atom stereocenters. The Kier molecular flexibility index (Phi) is 9.88. The Morgan fingerprint density at radius 2 is 1.49 bits per heavy atom. The molecule has 3 aromatic rings. The maximum absolute atomic E-state index is 5.69. The SMILES string of the molecule is C=C(Cc1c2nc(cc3[nH]c(cc4nc(cc5[nH]c1c(C(=C)NCCN(C)C)c5C)C(CC)[C@H]4C)c(C(=C)C)c3C)[C@@H](C)C2C)OC. The molecule has 250 valence electrons. The lowest BCUT2D eigenvalue weighted by atomic mass is 9.89. The van der Waals surface area contributed by atoms with Gasteiger partial charge in [-0.25, -0.2) is 0 Å². The van der Waals surface area contributed by atoms with Gasteiger partial charge in [0.2, 0.25) is 0 Å². The Balaban J connectivity index is 1.97. The van der Waals surface area contributed by atoms with Crippen LogP contribution in [0.3, 0.4) is 0 Å². The second kappa shape index (κ2) is 13.6. The van der Waals surface area contributed by atoms with Crippen molar-refractivity contribution >= 4 is 33.3 Å². The molecule has 0 saturated heterocycles. The lowest BCUT2D eigenvalue weighted by molar-refractivity contribution is 0.285. The van der Waals surface area contributed by atoms with Crippen LogP contribution in [0.5, 0.6) is 0 Å². The fourth-order valence-corrected chi connectivity index (χ4v) is 7.34. The van der Waals surface area contributed by atoms with Crippen LogP contribution in [0.25, 0.3) is 33.3 Å². The number of aromatic amines is 2. The zero-order chi connectivity index (χ0) is 34.3. The standard InChI is InChI=1S/C40H54N6O/c1-14-29-25(7)32-20-36-37(21(2)3)26(8)33(43-36)18-31-23(5)24(6)39(44-31)30(17-22(4)47-13)40-38(28(10)41-15-16-46(11)12)27(9)34(45-40)19-35(29)42-32/h18-20,23-25,29,41,43,45H,2,4,10,14-17H2,1,3,5-9,11-13H3/t23-,24?,25+,29?/m0/s1. The number of fused-ring (bicyclic) bond motifs is 8. The van der Waals surface area contributed by atoms with Crippen LogP contribution >= 0.6 is 0 Å². The number of methoxy groups -OCH3 is 1. The number of aromatic nitrogens is 4. The van der Waals surface area contributed by atoms with Gasteiger partial charge in [-0.1, -0.05) is 47.4 Å². The molecule has 0 radical (unpaired) electrons. The molecule has 2 aliphatic heterocycles. The van der Waals surface area contributed by atoms with Crippen molar-refractivity contribution in [2.75, 3.05) is 34.3 Å². The Morgan fingerprint density at radius 3 is 2.13 bits per heavy atom. The van der Waals surface area contributed by atoms with Crippen molar-refractivity contribution in [3.63, 3.8) is 0 Å². The summed E-state index contributed by atoms with van der Waals surface area (Å²) in [5, 5.41) is 3.61. The maximum Gasteiger partial charge on any atom is 0.0929 e. The van der Waals surface area contributed by atoms with Crippen LogP contribution < -0.4 is 5.32 Å². The fraction of sp³-hybridized carbons (Fsp3) is 0.450. The van der Waals surface area contributed by atoms with E-state index in [1.165, 1.54) is 5.56 Å². The van der Waals surface area contributed by atoms with Gasteiger partial charge < -0.3 is 24.9 Å². The second-order valence-electron chi connectivity index (χ2n) is 14.0. The van der Waals surface area contributed by atoms with Crippen molar-refractivity contribution in [1.82, 2.24) is 30.2 Å². The number of rotatable bonds is 10. The van der Waals surface area contributed by atoms with Crippen LogP contribution in [0.4, 0.5) is 0 Å². The first-order chi connectivity index (χ1) is 22.3. The Morgan fingerprint density at radius 1 is 0.872 bits per heavy atom. The highest BCUT2D eigenvalue weighted by molar-refractivity contribution is 5.88. The third-order valence-electron chi connectivity index (χ3n) is 10.4. The summed E-state index contributed by atoms with van der Waals surface area (Å²) in [7, 11) is 5.86. The first-order valence-corrected chi connectivity index (χ1v) is 17.0. The average molecular weight is 635 g/mol. The number of ether oxygens (including phenoxy) is 1. The van der Waals surface area contributed by atoms with Gasteiger partial charge in [-0.3, -0.25) is 9.97 Å². The molecule has 5 rings (SSSR count). The number of nitrogens with zero attached hydrogens (tertiary/aromatic N) is 3. The topological polar surface area (TPSA) is 81.9 Å². The highest BCUT2D eigenvalue weighted by Crippen LogP contribution is 2.42. The summed E-state index contributed by atoms with van der Waals surface area (Å²) in [6.07, 6.45) is 1.53. The summed E-state index contributed by atoms with van der Waals surface area (Å²) in [6.45, 7) is 30.4. The number of hydrogen-bond acceptors (Lipinski definition) is 5. The molecule has 7 heteroatoms. The molecule has 0 amide bonds. The van der Waals surface area contributed by atoms with Gasteiger partial charge >= 0.3 is 0 Å². The first-order valence-electron chi connectivity index (χ1n) is 17.0. The van der Waals surface area contributed by atoms with E-state index in [-0.39, 0.29) is 17.8 Å². The van der Waals surface area contributed by atoms with Crippen molar-refractivity contribution < 1.29 is 4.74 Å². The number of H-pyrrole nitrogens is 2. The van der Waals surface area contributed by atoms with E-state index in [1.54, 1.807) is 7.11 Å². The lowest BCUT2D eigenvalue weighted by Gasteiger charge is -2.16. The quantitative estimate of drug-likeness (QED) is 0.194. The van der Waals surface area contributed by atoms with Crippen molar-refractivity contribution in [3.05, 3.63) is 94.3 Å². The summed E-state index contributed by atoms with van der Waals surface area (Å²) in [5.74, 6) is 1.66. The Bertz CT molecular complexity index is 1890. The molecular weight excluding hydrogens is 580 g/mol. The van der Waals surface area contributed by atoms with Gasteiger partial charge in [0.05, 0.1) is 18.4 Å². The second-order valence-corrected chi connectivity index (χ2v) is 14.0. The Hall–Kier alpha value is -4.10. The van der Waals surface area contributed by atoms with Crippen LogP contribution in [0.2, 0.25) is 0 Å². The minimum atomic E-state index is 0.179. The van der Waals surface area contributed by atoms with E-state index in [9.17, 15) is 0 Å². The largest absolute Gasteiger partial charge is 0.501 e. The van der Waals surface area contributed by atoms with E-state index >= 15 is 0 Å². The van der Waals surface area contributed by atoms with E-state index in [0.717, 1.165) is 97.9 Å². The highest BCUT2D eigenvalue weighted by Gasteiger charge is 2.31. The monoisotopic (exact) mass is 634 g/mol. The third-order valence-corrected chi connectivity index (χ3v) is 10.4. The van der Waals surface area contributed by atoms with E-state index < -0.39 is 0 Å².